The average Bonchev–Trinajstić information content (AvgIpc) is 2.67. The van der Waals surface area contributed by atoms with Gasteiger partial charge in [-0.1, -0.05) is 18.2 Å². The fourth-order valence-corrected chi connectivity index (χ4v) is 4.10. The fourth-order valence-electron chi connectivity index (χ4n) is 4.10. The summed E-state index contributed by atoms with van der Waals surface area (Å²) in [7, 11) is 0. The molecule has 0 bridgehead atoms. The summed E-state index contributed by atoms with van der Waals surface area (Å²) >= 11 is 0. The zero-order chi connectivity index (χ0) is 18.7. The van der Waals surface area contributed by atoms with Crippen molar-refractivity contribution in [1.29, 1.82) is 0 Å². The Balaban J connectivity index is 1.64. The van der Waals surface area contributed by atoms with Crippen molar-refractivity contribution in [1.82, 2.24) is 10.4 Å². The van der Waals surface area contributed by atoms with E-state index in [0.29, 0.717) is 25.9 Å². The summed E-state index contributed by atoms with van der Waals surface area (Å²) in [6, 6.07) is 10.1. The van der Waals surface area contributed by atoms with Gasteiger partial charge < -0.3 is 14.9 Å². The van der Waals surface area contributed by atoms with Crippen LogP contribution in [0.5, 0.6) is 0 Å². The molecule has 1 saturated heterocycles. The molecule has 0 spiro atoms. The predicted molar refractivity (Wildman–Crippen MR) is 96.6 cm³/mol. The van der Waals surface area contributed by atoms with Gasteiger partial charge in [0.05, 0.1) is 17.4 Å². The van der Waals surface area contributed by atoms with Crippen molar-refractivity contribution in [3.63, 3.8) is 0 Å². The van der Waals surface area contributed by atoms with Crippen molar-refractivity contribution in [3.8, 4) is 0 Å². The third kappa shape index (κ3) is 3.99. The molecule has 3 rings (SSSR count). The first kappa shape index (κ1) is 18.7. The van der Waals surface area contributed by atoms with Gasteiger partial charge in [-0.15, -0.1) is 0 Å². The summed E-state index contributed by atoms with van der Waals surface area (Å²) in [5, 5.41) is 19.3. The molecule has 1 saturated carbocycles. The quantitative estimate of drug-likeness (QED) is 0.552. The molecule has 2 amide bonds. The second kappa shape index (κ2) is 7.63. The highest BCUT2D eigenvalue weighted by molar-refractivity contribution is 5.87. The molecule has 2 aliphatic rings. The molecule has 1 heterocycles. The van der Waals surface area contributed by atoms with Crippen molar-refractivity contribution in [2.24, 2.45) is 11.8 Å². The van der Waals surface area contributed by atoms with E-state index in [0.717, 1.165) is 18.8 Å². The van der Waals surface area contributed by atoms with E-state index >= 15 is 0 Å². The molecule has 1 aromatic rings. The number of para-hydroxylation sites is 1. The standard InChI is InChI=1S/C19H27N3O4/c1-19(25)8-7-15(16(13-19)17(23)20-26)18(24)22-11-9-21(10-12-22)14-5-3-2-4-6-14/h2-6,15-16,25-26H,7-13H2,1H3,(H,20,23)/t15-,16-,19+/m0/s1. The zero-order valence-electron chi connectivity index (χ0n) is 15.1. The zero-order valence-corrected chi connectivity index (χ0v) is 15.1. The van der Waals surface area contributed by atoms with Gasteiger partial charge >= 0.3 is 0 Å². The number of hydrogen-bond acceptors (Lipinski definition) is 5. The van der Waals surface area contributed by atoms with Crippen LogP contribution in [-0.4, -0.2) is 58.8 Å². The molecule has 3 N–H and O–H groups in total. The third-order valence-electron chi connectivity index (χ3n) is 5.62. The van der Waals surface area contributed by atoms with Crippen LogP contribution < -0.4 is 10.4 Å². The second-order valence-electron chi connectivity index (χ2n) is 7.58. The molecule has 7 nitrogen and oxygen atoms in total. The van der Waals surface area contributed by atoms with Crippen molar-refractivity contribution in [3.05, 3.63) is 30.3 Å². The van der Waals surface area contributed by atoms with E-state index in [1.54, 1.807) is 12.4 Å². The molecule has 0 unspecified atom stereocenters. The SMILES string of the molecule is C[C@@]1(O)CC[C@H](C(=O)N2CCN(c3ccccc3)CC2)[C@@H](C(=O)NO)C1. The number of rotatable bonds is 3. The Morgan fingerprint density at radius 3 is 2.38 bits per heavy atom. The minimum absolute atomic E-state index is 0.0539. The van der Waals surface area contributed by atoms with E-state index in [-0.39, 0.29) is 12.3 Å². The molecule has 1 aliphatic carbocycles. The topological polar surface area (TPSA) is 93.1 Å². The molecule has 1 aromatic carbocycles. The summed E-state index contributed by atoms with van der Waals surface area (Å²) in [4.78, 5) is 29.1. The molecule has 0 aromatic heterocycles. The van der Waals surface area contributed by atoms with Crippen molar-refractivity contribution in [2.75, 3.05) is 31.1 Å². The van der Waals surface area contributed by atoms with Crippen LogP contribution in [0.3, 0.4) is 0 Å². The van der Waals surface area contributed by atoms with Gasteiger partial charge in [-0.3, -0.25) is 14.8 Å². The number of hydroxylamine groups is 1. The smallest absolute Gasteiger partial charge is 0.247 e. The lowest BCUT2D eigenvalue weighted by atomic mass is 9.71. The number of anilines is 1. The Labute approximate surface area is 153 Å². The Morgan fingerprint density at radius 2 is 1.77 bits per heavy atom. The van der Waals surface area contributed by atoms with Crippen LogP contribution in [0.15, 0.2) is 30.3 Å². The van der Waals surface area contributed by atoms with Crippen LogP contribution in [0, 0.1) is 11.8 Å². The van der Waals surface area contributed by atoms with Gasteiger partial charge in [0, 0.05) is 31.9 Å². The highest BCUT2D eigenvalue weighted by Crippen LogP contribution is 2.37. The summed E-state index contributed by atoms with van der Waals surface area (Å²) in [6.07, 6.45) is 1.10. The van der Waals surface area contributed by atoms with Gasteiger partial charge in [0.2, 0.25) is 11.8 Å². The van der Waals surface area contributed by atoms with Crippen molar-refractivity contribution < 1.29 is 19.9 Å². The number of aliphatic hydroxyl groups is 1. The van der Waals surface area contributed by atoms with Crippen LogP contribution in [0.2, 0.25) is 0 Å². The molecule has 142 valence electrons. The third-order valence-corrected chi connectivity index (χ3v) is 5.62. The Kier molecular flexibility index (Phi) is 5.48. The number of carbonyl (C=O) groups excluding carboxylic acids is 2. The van der Waals surface area contributed by atoms with Gasteiger partial charge in [0.25, 0.3) is 0 Å². The lowest BCUT2D eigenvalue weighted by Crippen LogP contribution is -2.54. The minimum atomic E-state index is -0.986. The van der Waals surface area contributed by atoms with E-state index < -0.39 is 23.3 Å². The summed E-state index contributed by atoms with van der Waals surface area (Å²) < 4.78 is 0. The highest BCUT2D eigenvalue weighted by atomic mass is 16.5. The summed E-state index contributed by atoms with van der Waals surface area (Å²) in [6.45, 7) is 4.38. The van der Waals surface area contributed by atoms with Gasteiger partial charge in [-0.05, 0) is 38.3 Å². The number of hydrogen-bond donors (Lipinski definition) is 3. The molecular formula is C19H27N3O4. The Bertz CT molecular complexity index is 641. The Hall–Kier alpha value is -2.12. The number of carbonyl (C=O) groups is 2. The first-order valence-corrected chi connectivity index (χ1v) is 9.16. The number of piperazine rings is 1. The number of nitrogens with zero attached hydrogens (tertiary/aromatic N) is 2. The van der Waals surface area contributed by atoms with Gasteiger partial charge in [-0.2, -0.15) is 0 Å². The summed E-state index contributed by atoms with van der Waals surface area (Å²) in [5.74, 6) is -1.85. The molecular weight excluding hydrogens is 334 g/mol. The molecule has 2 fully saturated rings. The van der Waals surface area contributed by atoms with Gasteiger partial charge in [-0.25, -0.2) is 5.48 Å². The summed E-state index contributed by atoms with van der Waals surface area (Å²) in [5.41, 5.74) is 1.82. The number of benzene rings is 1. The monoisotopic (exact) mass is 361 g/mol. The highest BCUT2D eigenvalue weighted by Gasteiger charge is 2.44. The van der Waals surface area contributed by atoms with Crippen LogP contribution in [0.1, 0.15) is 26.2 Å². The Morgan fingerprint density at radius 1 is 1.12 bits per heavy atom. The van der Waals surface area contributed by atoms with E-state index in [9.17, 15) is 14.7 Å². The van der Waals surface area contributed by atoms with Crippen molar-refractivity contribution >= 4 is 17.5 Å². The second-order valence-corrected chi connectivity index (χ2v) is 7.58. The normalized spacial score (nSPS) is 29.3. The first-order chi connectivity index (χ1) is 12.4. The average molecular weight is 361 g/mol. The predicted octanol–water partition coefficient (Wildman–Crippen LogP) is 1.01. The fraction of sp³-hybridized carbons (Fsp3) is 0.579. The van der Waals surface area contributed by atoms with Crippen LogP contribution in [0.25, 0.3) is 0 Å². The molecule has 3 atom stereocenters. The van der Waals surface area contributed by atoms with E-state index in [2.05, 4.69) is 17.0 Å². The van der Waals surface area contributed by atoms with E-state index in [4.69, 9.17) is 5.21 Å². The van der Waals surface area contributed by atoms with Gasteiger partial charge in [0.1, 0.15) is 0 Å². The molecule has 0 radical (unpaired) electrons. The van der Waals surface area contributed by atoms with Crippen LogP contribution in [0.4, 0.5) is 5.69 Å². The maximum atomic E-state index is 13.0. The van der Waals surface area contributed by atoms with Crippen molar-refractivity contribution in [2.45, 2.75) is 31.8 Å². The number of nitrogens with one attached hydrogen (secondary N) is 1. The molecule has 7 heteroatoms. The maximum Gasteiger partial charge on any atom is 0.247 e. The largest absolute Gasteiger partial charge is 0.390 e. The molecule has 1 aliphatic heterocycles. The maximum absolute atomic E-state index is 13.0. The molecule has 26 heavy (non-hydrogen) atoms. The minimum Gasteiger partial charge on any atom is -0.390 e. The van der Waals surface area contributed by atoms with Crippen LogP contribution >= 0.6 is 0 Å². The van der Waals surface area contributed by atoms with Crippen LogP contribution in [-0.2, 0) is 9.59 Å². The van der Waals surface area contributed by atoms with E-state index in [1.807, 2.05) is 23.1 Å². The number of amides is 2. The first-order valence-electron chi connectivity index (χ1n) is 9.16. The lowest BCUT2D eigenvalue weighted by Gasteiger charge is -2.42. The lowest BCUT2D eigenvalue weighted by molar-refractivity contribution is -0.152. The van der Waals surface area contributed by atoms with Gasteiger partial charge in [0.15, 0.2) is 0 Å². The van der Waals surface area contributed by atoms with E-state index in [1.165, 1.54) is 0 Å².